The van der Waals surface area contributed by atoms with Gasteiger partial charge < -0.3 is 40.5 Å². The lowest BCUT2D eigenvalue weighted by Gasteiger charge is -2.33. The van der Waals surface area contributed by atoms with Gasteiger partial charge in [0.2, 0.25) is 12.0 Å². The van der Waals surface area contributed by atoms with Gasteiger partial charge in [-0.05, 0) is 84.1 Å². The maximum absolute atomic E-state index is 13.4. The van der Waals surface area contributed by atoms with Crippen molar-refractivity contribution in [3.63, 3.8) is 0 Å². The average molecular weight is 597 g/mol. The molecule has 6 N–H and O–H groups in total. The Hall–Kier alpha value is -5.64. The molecule has 0 aliphatic carbocycles. The fraction of sp³-hybridized carbons (Fsp3) is 0.176. The van der Waals surface area contributed by atoms with Crippen LogP contribution in [0.2, 0.25) is 0 Å². The largest absolute Gasteiger partial charge is 0.508 e. The zero-order valence-corrected chi connectivity index (χ0v) is 23.6. The smallest absolute Gasteiger partial charge is 0.265 e. The van der Waals surface area contributed by atoms with Crippen molar-refractivity contribution >= 4 is 17.9 Å². The quantitative estimate of drug-likeness (QED) is 0.118. The minimum absolute atomic E-state index is 0.157. The topological polar surface area (TPSA) is 158 Å². The first-order valence-electron chi connectivity index (χ1n) is 14.0. The van der Waals surface area contributed by atoms with Crippen molar-refractivity contribution in [2.24, 2.45) is 0 Å². The van der Waals surface area contributed by atoms with Crippen molar-refractivity contribution in [2.75, 3.05) is 13.1 Å². The number of phenolic OH excluding ortho intramolecular Hbond substituents is 4. The highest BCUT2D eigenvalue weighted by molar-refractivity contribution is 5.91. The lowest BCUT2D eigenvalue weighted by molar-refractivity contribution is -0.134. The summed E-state index contributed by atoms with van der Waals surface area (Å²) in [6.45, 7) is 0.724. The number of amides is 2. The van der Waals surface area contributed by atoms with E-state index in [4.69, 9.17) is 9.47 Å². The van der Waals surface area contributed by atoms with E-state index in [9.17, 15) is 30.0 Å². The van der Waals surface area contributed by atoms with Crippen LogP contribution in [0.5, 0.6) is 34.5 Å². The third-order valence-corrected chi connectivity index (χ3v) is 7.06. The summed E-state index contributed by atoms with van der Waals surface area (Å²) in [4.78, 5) is 25.7. The van der Waals surface area contributed by atoms with E-state index in [1.54, 1.807) is 78.9 Å². The molecule has 0 radical (unpaired) electrons. The molecule has 4 aromatic carbocycles. The van der Waals surface area contributed by atoms with Crippen LogP contribution in [0.1, 0.15) is 28.4 Å². The van der Waals surface area contributed by atoms with Crippen LogP contribution in [0.15, 0.2) is 91.0 Å². The van der Waals surface area contributed by atoms with Crippen LogP contribution in [-0.4, -0.2) is 51.4 Å². The van der Waals surface area contributed by atoms with Crippen molar-refractivity contribution in [2.45, 2.75) is 25.0 Å². The fourth-order valence-corrected chi connectivity index (χ4v) is 4.68. The molecule has 0 unspecified atom stereocenters. The van der Waals surface area contributed by atoms with Crippen LogP contribution in [0, 0.1) is 0 Å². The van der Waals surface area contributed by atoms with Crippen molar-refractivity contribution in [3.8, 4) is 34.5 Å². The Bertz CT molecular complexity index is 1650. The summed E-state index contributed by atoms with van der Waals surface area (Å²) in [6.07, 6.45) is 2.10. The fourth-order valence-electron chi connectivity index (χ4n) is 4.68. The molecule has 0 fully saturated rings. The minimum atomic E-state index is -1.13. The van der Waals surface area contributed by atoms with E-state index in [2.05, 4.69) is 10.6 Å². The molecule has 5 rings (SSSR count). The molecule has 0 saturated carbocycles. The number of phenols is 4. The van der Waals surface area contributed by atoms with Gasteiger partial charge >= 0.3 is 0 Å². The predicted molar refractivity (Wildman–Crippen MR) is 163 cm³/mol. The van der Waals surface area contributed by atoms with E-state index >= 15 is 0 Å². The highest BCUT2D eigenvalue weighted by Crippen LogP contribution is 2.41. The number of hydrogen-bond acceptors (Lipinski definition) is 8. The zero-order chi connectivity index (χ0) is 31.1. The number of benzene rings is 4. The third-order valence-electron chi connectivity index (χ3n) is 7.06. The minimum Gasteiger partial charge on any atom is -0.508 e. The number of rotatable bonds is 10. The molecule has 0 spiro atoms. The van der Waals surface area contributed by atoms with Gasteiger partial charge in [0, 0.05) is 24.7 Å². The summed E-state index contributed by atoms with van der Waals surface area (Å²) in [5, 5.41) is 44.4. The lowest BCUT2D eigenvalue weighted by atomic mass is 10.0. The van der Waals surface area contributed by atoms with Crippen molar-refractivity contribution in [1.29, 1.82) is 0 Å². The summed E-state index contributed by atoms with van der Waals surface area (Å²) in [6, 6.07) is 22.7. The molecule has 1 aliphatic heterocycles. The number of ether oxygens (including phenoxy) is 2. The van der Waals surface area contributed by atoms with Crippen LogP contribution in [0.25, 0.3) is 6.08 Å². The van der Waals surface area contributed by atoms with Gasteiger partial charge in [-0.25, -0.2) is 0 Å². The Morgan fingerprint density at radius 1 is 0.682 bits per heavy atom. The number of fused-ring (bicyclic) bond motifs is 1. The summed E-state index contributed by atoms with van der Waals surface area (Å²) in [5.41, 5.74) is 2.99. The van der Waals surface area contributed by atoms with E-state index in [-0.39, 0.29) is 28.9 Å². The first kappa shape index (κ1) is 29.8. The lowest BCUT2D eigenvalue weighted by Crippen LogP contribution is -2.46. The summed E-state index contributed by atoms with van der Waals surface area (Å²) < 4.78 is 12.3. The molecule has 2 atom stereocenters. The molecule has 226 valence electrons. The molecule has 10 nitrogen and oxygen atoms in total. The second-order valence-corrected chi connectivity index (χ2v) is 10.3. The van der Waals surface area contributed by atoms with E-state index < -0.39 is 18.1 Å². The van der Waals surface area contributed by atoms with Crippen molar-refractivity contribution in [1.82, 2.24) is 10.6 Å². The maximum Gasteiger partial charge on any atom is 0.265 e. The number of aromatic hydroxyl groups is 4. The SMILES string of the molecule is O=C(/C=C/c1ccc2c(c1)O[C@@H](C(=O)NCCc1ccc(O)cc1)[C@H](c1ccc(O)c(O)c1)O2)NCCc1ccc(O)cc1. The Morgan fingerprint density at radius 2 is 1.32 bits per heavy atom. The summed E-state index contributed by atoms with van der Waals surface area (Å²) in [7, 11) is 0. The molecular weight excluding hydrogens is 564 g/mol. The van der Waals surface area contributed by atoms with Crippen LogP contribution < -0.4 is 20.1 Å². The highest BCUT2D eigenvalue weighted by Gasteiger charge is 2.38. The van der Waals surface area contributed by atoms with Crippen LogP contribution in [0.3, 0.4) is 0 Å². The summed E-state index contributed by atoms with van der Waals surface area (Å²) >= 11 is 0. The Kier molecular flexibility index (Phi) is 9.19. The van der Waals surface area contributed by atoms with Gasteiger partial charge in [-0.15, -0.1) is 0 Å². The summed E-state index contributed by atoms with van der Waals surface area (Å²) in [5.74, 6) is -0.369. The standard InChI is InChI=1S/C34H32N2O8/c37-25-8-1-21(2-9-25)15-17-35-31(41)14-6-23-5-13-29-30(19-23)44-33(32(43-29)24-7-12-27(39)28(40)20-24)34(42)36-18-16-22-3-10-26(38)11-4-22/h1-14,19-20,32-33,37-40H,15-18H2,(H,35,41)(H,36,42)/b14-6+/t32-,33+/m0/s1. The number of nitrogens with one attached hydrogen (secondary N) is 2. The number of carbonyl (C=O) groups excluding carboxylic acids is 2. The second kappa shape index (κ2) is 13.6. The Morgan fingerprint density at radius 3 is 1.95 bits per heavy atom. The molecule has 4 aromatic rings. The molecule has 2 amide bonds. The van der Waals surface area contributed by atoms with Crippen LogP contribution >= 0.6 is 0 Å². The molecule has 0 bridgehead atoms. The van der Waals surface area contributed by atoms with Gasteiger partial charge in [-0.3, -0.25) is 9.59 Å². The first-order chi connectivity index (χ1) is 21.2. The molecule has 1 heterocycles. The van der Waals surface area contributed by atoms with Gasteiger partial charge in [0.25, 0.3) is 5.91 Å². The molecular formula is C34H32N2O8. The molecule has 44 heavy (non-hydrogen) atoms. The van der Waals surface area contributed by atoms with Gasteiger partial charge in [0.1, 0.15) is 11.5 Å². The van der Waals surface area contributed by atoms with E-state index in [0.29, 0.717) is 48.6 Å². The molecule has 0 saturated heterocycles. The van der Waals surface area contributed by atoms with Gasteiger partial charge in [0.05, 0.1) is 0 Å². The molecule has 10 heteroatoms. The predicted octanol–water partition coefficient (Wildman–Crippen LogP) is 4.12. The zero-order valence-electron chi connectivity index (χ0n) is 23.6. The second-order valence-electron chi connectivity index (χ2n) is 10.3. The van der Waals surface area contributed by atoms with Crippen molar-refractivity contribution < 1.29 is 39.5 Å². The highest BCUT2D eigenvalue weighted by atomic mass is 16.6. The van der Waals surface area contributed by atoms with Gasteiger partial charge in [0.15, 0.2) is 29.1 Å². The number of carbonyl (C=O) groups is 2. The average Bonchev–Trinajstić information content (AvgIpc) is 3.02. The van der Waals surface area contributed by atoms with Crippen molar-refractivity contribution in [3.05, 3.63) is 113 Å². The van der Waals surface area contributed by atoms with Crippen LogP contribution in [-0.2, 0) is 22.4 Å². The first-order valence-corrected chi connectivity index (χ1v) is 14.0. The van der Waals surface area contributed by atoms with E-state index in [0.717, 1.165) is 11.1 Å². The maximum atomic E-state index is 13.4. The monoisotopic (exact) mass is 596 g/mol. The Balaban J connectivity index is 1.26. The normalized spacial score (nSPS) is 15.5. The van der Waals surface area contributed by atoms with Gasteiger partial charge in [-0.1, -0.05) is 36.4 Å². The number of hydrogen-bond donors (Lipinski definition) is 6. The van der Waals surface area contributed by atoms with E-state index in [1.165, 1.54) is 18.2 Å². The van der Waals surface area contributed by atoms with Crippen LogP contribution in [0.4, 0.5) is 0 Å². The van der Waals surface area contributed by atoms with E-state index in [1.807, 2.05) is 0 Å². The Labute approximate surface area is 253 Å². The molecule has 0 aromatic heterocycles. The third kappa shape index (κ3) is 7.60. The van der Waals surface area contributed by atoms with Gasteiger partial charge in [-0.2, -0.15) is 0 Å². The molecule has 1 aliphatic rings.